The number of hydrogen-bond acceptors (Lipinski definition) is 3. The first kappa shape index (κ1) is 14.3. The van der Waals surface area contributed by atoms with E-state index in [1.165, 1.54) is 5.56 Å². The molecule has 0 spiro atoms. The Morgan fingerprint density at radius 2 is 1.70 bits per heavy atom. The molecule has 0 unspecified atom stereocenters. The quantitative estimate of drug-likeness (QED) is 0.849. The van der Waals surface area contributed by atoms with Gasteiger partial charge in [0.15, 0.2) is 0 Å². The van der Waals surface area contributed by atoms with Crippen molar-refractivity contribution in [2.75, 3.05) is 17.7 Å². The van der Waals surface area contributed by atoms with Crippen LogP contribution in [-0.2, 0) is 0 Å². The monoisotopic (exact) mass is 270 g/mol. The van der Waals surface area contributed by atoms with Gasteiger partial charge in [0, 0.05) is 12.7 Å². The molecular weight excluding hydrogens is 248 g/mol. The molecule has 0 radical (unpaired) electrons. The predicted octanol–water partition coefficient (Wildman–Crippen LogP) is 4.13. The number of nitrogen functional groups attached to an aromatic ring is 1. The number of ether oxygens (including phenoxy) is 1. The largest absolute Gasteiger partial charge is 0.489 e. The first-order valence-corrected chi connectivity index (χ1v) is 6.84. The van der Waals surface area contributed by atoms with Crippen LogP contribution in [-0.4, -0.2) is 13.2 Å². The van der Waals surface area contributed by atoms with Gasteiger partial charge < -0.3 is 15.4 Å². The van der Waals surface area contributed by atoms with Crippen molar-refractivity contribution in [2.24, 2.45) is 0 Å². The zero-order valence-electron chi connectivity index (χ0n) is 12.6. The van der Waals surface area contributed by atoms with Crippen molar-refractivity contribution in [3.8, 4) is 5.75 Å². The molecule has 0 atom stereocenters. The molecular formula is C17H22N2O. The standard InChI is InChI=1S/C17H22N2O/c1-12(2)20-16-7-5-6-15(17(16)18)19(4)14-10-8-13(3)9-11-14/h5-12H,18H2,1-4H3. The van der Waals surface area contributed by atoms with E-state index in [0.29, 0.717) is 5.69 Å². The Balaban J connectivity index is 2.34. The van der Waals surface area contributed by atoms with Gasteiger partial charge in [0.05, 0.1) is 17.5 Å². The Hall–Kier alpha value is -2.16. The van der Waals surface area contributed by atoms with E-state index in [1.54, 1.807) is 0 Å². The maximum absolute atomic E-state index is 6.23. The third-order valence-corrected chi connectivity index (χ3v) is 3.19. The van der Waals surface area contributed by atoms with Crippen molar-refractivity contribution >= 4 is 17.1 Å². The number of benzene rings is 2. The highest BCUT2D eigenvalue weighted by Crippen LogP contribution is 2.35. The van der Waals surface area contributed by atoms with Crippen LogP contribution in [0.2, 0.25) is 0 Å². The fourth-order valence-electron chi connectivity index (χ4n) is 2.09. The Labute approximate surface area is 121 Å². The fraction of sp³-hybridized carbons (Fsp3) is 0.294. The minimum atomic E-state index is 0.109. The van der Waals surface area contributed by atoms with Gasteiger partial charge >= 0.3 is 0 Å². The zero-order valence-corrected chi connectivity index (χ0v) is 12.6. The van der Waals surface area contributed by atoms with Crippen molar-refractivity contribution in [2.45, 2.75) is 26.9 Å². The molecule has 0 heterocycles. The second-order valence-corrected chi connectivity index (χ2v) is 5.25. The lowest BCUT2D eigenvalue weighted by Crippen LogP contribution is -2.13. The molecule has 0 aliphatic carbocycles. The van der Waals surface area contributed by atoms with Gasteiger partial charge in [-0.15, -0.1) is 0 Å². The van der Waals surface area contributed by atoms with Gasteiger partial charge in [0.2, 0.25) is 0 Å². The molecule has 0 aromatic heterocycles. The molecule has 0 amide bonds. The molecule has 0 aliphatic rings. The van der Waals surface area contributed by atoms with Gasteiger partial charge in [-0.2, -0.15) is 0 Å². The molecule has 2 aromatic carbocycles. The number of aryl methyl sites for hydroxylation is 1. The summed E-state index contributed by atoms with van der Waals surface area (Å²) in [7, 11) is 2.01. The van der Waals surface area contributed by atoms with Crippen LogP contribution in [0.15, 0.2) is 42.5 Å². The van der Waals surface area contributed by atoms with E-state index in [4.69, 9.17) is 10.5 Å². The lowest BCUT2D eigenvalue weighted by atomic mass is 10.2. The topological polar surface area (TPSA) is 38.5 Å². The first-order valence-electron chi connectivity index (χ1n) is 6.84. The van der Waals surface area contributed by atoms with E-state index in [1.807, 2.05) is 39.1 Å². The number of para-hydroxylation sites is 1. The van der Waals surface area contributed by atoms with E-state index in [-0.39, 0.29) is 6.10 Å². The van der Waals surface area contributed by atoms with Gasteiger partial charge in [0.25, 0.3) is 0 Å². The smallest absolute Gasteiger partial charge is 0.144 e. The van der Waals surface area contributed by atoms with Crippen molar-refractivity contribution in [3.05, 3.63) is 48.0 Å². The van der Waals surface area contributed by atoms with Gasteiger partial charge in [-0.1, -0.05) is 23.8 Å². The minimum Gasteiger partial charge on any atom is -0.489 e. The Kier molecular flexibility index (Phi) is 4.18. The number of anilines is 3. The van der Waals surface area contributed by atoms with Crippen LogP contribution in [0.25, 0.3) is 0 Å². The normalized spacial score (nSPS) is 10.7. The maximum Gasteiger partial charge on any atom is 0.144 e. The van der Waals surface area contributed by atoms with Crippen LogP contribution >= 0.6 is 0 Å². The van der Waals surface area contributed by atoms with E-state index >= 15 is 0 Å². The summed E-state index contributed by atoms with van der Waals surface area (Å²) in [6.45, 7) is 6.07. The highest BCUT2D eigenvalue weighted by molar-refractivity contribution is 5.78. The molecule has 0 saturated carbocycles. The number of rotatable bonds is 4. The summed E-state index contributed by atoms with van der Waals surface area (Å²) in [6, 6.07) is 14.2. The molecule has 0 aliphatic heterocycles. The molecule has 3 heteroatoms. The highest BCUT2D eigenvalue weighted by Gasteiger charge is 2.12. The Morgan fingerprint density at radius 3 is 2.30 bits per heavy atom. The first-order chi connectivity index (χ1) is 9.49. The van der Waals surface area contributed by atoms with Crippen molar-refractivity contribution in [1.82, 2.24) is 0 Å². The Morgan fingerprint density at radius 1 is 1.05 bits per heavy atom. The van der Waals surface area contributed by atoms with Gasteiger partial charge in [0.1, 0.15) is 5.75 Å². The third kappa shape index (κ3) is 3.05. The number of nitrogens with two attached hydrogens (primary N) is 1. The van der Waals surface area contributed by atoms with E-state index < -0.39 is 0 Å². The van der Waals surface area contributed by atoms with Gasteiger partial charge in [-0.25, -0.2) is 0 Å². The molecule has 106 valence electrons. The molecule has 0 fully saturated rings. The summed E-state index contributed by atoms with van der Waals surface area (Å²) < 4.78 is 5.74. The lowest BCUT2D eigenvalue weighted by molar-refractivity contribution is 0.244. The molecule has 0 saturated heterocycles. The lowest BCUT2D eigenvalue weighted by Gasteiger charge is -2.23. The van der Waals surface area contributed by atoms with Crippen molar-refractivity contribution < 1.29 is 4.74 Å². The average Bonchev–Trinajstić information content (AvgIpc) is 2.41. The summed E-state index contributed by atoms with van der Waals surface area (Å²) in [5, 5.41) is 0. The van der Waals surface area contributed by atoms with Gasteiger partial charge in [-0.3, -0.25) is 0 Å². The SMILES string of the molecule is Cc1ccc(N(C)c2cccc(OC(C)C)c2N)cc1. The van der Waals surface area contributed by atoms with E-state index in [0.717, 1.165) is 17.1 Å². The molecule has 0 bridgehead atoms. The van der Waals surface area contributed by atoms with Crippen molar-refractivity contribution in [1.29, 1.82) is 0 Å². The summed E-state index contributed by atoms with van der Waals surface area (Å²) in [6.07, 6.45) is 0.109. The molecule has 2 aromatic rings. The van der Waals surface area contributed by atoms with Crippen LogP contribution in [0.5, 0.6) is 5.75 Å². The van der Waals surface area contributed by atoms with E-state index in [2.05, 4.69) is 36.1 Å². The fourth-order valence-corrected chi connectivity index (χ4v) is 2.09. The number of hydrogen-bond donors (Lipinski definition) is 1. The third-order valence-electron chi connectivity index (χ3n) is 3.19. The summed E-state index contributed by atoms with van der Waals surface area (Å²) in [4.78, 5) is 2.07. The van der Waals surface area contributed by atoms with Crippen LogP contribution in [0, 0.1) is 6.92 Å². The second-order valence-electron chi connectivity index (χ2n) is 5.25. The molecule has 2 rings (SSSR count). The number of nitrogens with zero attached hydrogens (tertiary/aromatic N) is 1. The summed E-state index contributed by atoms with van der Waals surface area (Å²) >= 11 is 0. The molecule has 2 N–H and O–H groups in total. The average molecular weight is 270 g/mol. The molecule has 3 nitrogen and oxygen atoms in total. The minimum absolute atomic E-state index is 0.109. The van der Waals surface area contributed by atoms with Crippen molar-refractivity contribution in [3.63, 3.8) is 0 Å². The van der Waals surface area contributed by atoms with E-state index in [9.17, 15) is 0 Å². The zero-order chi connectivity index (χ0) is 14.7. The van der Waals surface area contributed by atoms with Crippen LogP contribution < -0.4 is 15.4 Å². The molecule has 20 heavy (non-hydrogen) atoms. The Bertz CT molecular complexity index is 576. The second kappa shape index (κ2) is 5.87. The maximum atomic E-state index is 6.23. The van der Waals surface area contributed by atoms with Crippen LogP contribution in [0.3, 0.4) is 0 Å². The van der Waals surface area contributed by atoms with Gasteiger partial charge in [-0.05, 0) is 45.0 Å². The predicted molar refractivity (Wildman–Crippen MR) is 85.9 cm³/mol. The van der Waals surface area contributed by atoms with Crippen LogP contribution in [0.1, 0.15) is 19.4 Å². The highest BCUT2D eigenvalue weighted by atomic mass is 16.5. The summed E-state index contributed by atoms with van der Waals surface area (Å²) in [5.41, 5.74) is 10.2. The van der Waals surface area contributed by atoms with Crippen LogP contribution in [0.4, 0.5) is 17.1 Å². The summed E-state index contributed by atoms with van der Waals surface area (Å²) in [5.74, 6) is 0.733.